The van der Waals surface area contributed by atoms with Crippen molar-refractivity contribution in [2.75, 3.05) is 11.1 Å². The Hall–Kier alpha value is -2.84. The summed E-state index contributed by atoms with van der Waals surface area (Å²) in [6, 6.07) is 10.8. The number of halogens is 2. The van der Waals surface area contributed by atoms with Gasteiger partial charge >= 0.3 is 0 Å². The molecule has 1 amide bonds. The summed E-state index contributed by atoms with van der Waals surface area (Å²) < 4.78 is 15.0. The fraction of sp³-hybridized carbons (Fsp3) is 0.105. The van der Waals surface area contributed by atoms with E-state index in [1.807, 2.05) is 0 Å². The van der Waals surface area contributed by atoms with Crippen molar-refractivity contribution in [2.45, 2.75) is 11.7 Å². The quantitative estimate of drug-likeness (QED) is 0.440. The number of amides is 1. The van der Waals surface area contributed by atoms with Gasteiger partial charge in [-0.25, -0.2) is 4.39 Å². The van der Waals surface area contributed by atoms with Crippen molar-refractivity contribution >= 4 is 35.0 Å². The highest BCUT2D eigenvalue weighted by atomic mass is 35.5. The number of anilines is 1. The minimum Gasteiger partial charge on any atom is -0.507 e. The van der Waals surface area contributed by atoms with Gasteiger partial charge in [0.25, 0.3) is 0 Å². The Morgan fingerprint density at radius 2 is 2.11 bits per heavy atom. The zero-order valence-corrected chi connectivity index (χ0v) is 16.2. The molecule has 0 saturated carbocycles. The van der Waals surface area contributed by atoms with E-state index in [1.165, 1.54) is 30.0 Å². The highest BCUT2D eigenvalue weighted by molar-refractivity contribution is 7.99. The predicted molar refractivity (Wildman–Crippen MR) is 108 cm³/mol. The molecular weight excluding hydrogens is 403 g/mol. The van der Waals surface area contributed by atoms with Crippen LogP contribution in [-0.4, -0.2) is 31.5 Å². The molecule has 28 heavy (non-hydrogen) atoms. The number of hydrogen-bond acceptors (Lipinski definition) is 5. The Morgan fingerprint density at radius 3 is 2.82 bits per heavy atom. The molecule has 1 aromatic heterocycles. The summed E-state index contributed by atoms with van der Waals surface area (Å²) in [6.45, 7) is 4.14. The van der Waals surface area contributed by atoms with Crippen LogP contribution in [0.4, 0.5) is 10.1 Å². The van der Waals surface area contributed by atoms with Crippen LogP contribution in [0, 0.1) is 5.82 Å². The summed E-state index contributed by atoms with van der Waals surface area (Å²) in [4.78, 5) is 12.2. The van der Waals surface area contributed by atoms with Crippen LogP contribution in [-0.2, 0) is 11.3 Å². The lowest BCUT2D eigenvalue weighted by molar-refractivity contribution is -0.113. The molecule has 0 aliphatic heterocycles. The molecule has 0 radical (unpaired) electrons. The molecule has 2 N–H and O–H groups in total. The molecule has 3 aromatic rings. The molecule has 3 rings (SSSR count). The zero-order chi connectivity index (χ0) is 20.1. The summed E-state index contributed by atoms with van der Waals surface area (Å²) in [5.41, 5.74) is 0.938. The number of nitrogens with zero attached hydrogens (tertiary/aromatic N) is 3. The predicted octanol–water partition coefficient (Wildman–Crippen LogP) is 4.36. The Bertz CT molecular complexity index is 1020. The summed E-state index contributed by atoms with van der Waals surface area (Å²) in [7, 11) is 0. The number of rotatable bonds is 7. The van der Waals surface area contributed by atoms with E-state index in [1.54, 1.807) is 34.9 Å². The largest absolute Gasteiger partial charge is 0.507 e. The molecule has 0 saturated heterocycles. The maximum Gasteiger partial charge on any atom is 0.234 e. The third-order valence-electron chi connectivity index (χ3n) is 3.71. The van der Waals surface area contributed by atoms with Crippen LogP contribution in [0.2, 0.25) is 5.02 Å². The lowest BCUT2D eigenvalue weighted by atomic mass is 10.2. The number of phenols is 1. The van der Waals surface area contributed by atoms with Gasteiger partial charge in [-0.05, 0) is 30.3 Å². The first-order chi connectivity index (χ1) is 13.5. The van der Waals surface area contributed by atoms with Crippen LogP contribution < -0.4 is 5.32 Å². The number of phenolic OH excluding ortho intramolecular Hbond substituents is 1. The topological polar surface area (TPSA) is 80.0 Å². The smallest absolute Gasteiger partial charge is 0.234 e. The molecule has 0 unspecified atom stereocenters. The van der Waals surface area contributed by atoms with E-state index in [4.69, 9.17) is 11.6 Å². The van der Waals surface area contributed by atoms with Gasteiger partial charge in [0, 0.05) is 12.2 Å². The monoisotopic (exact) mass is 418 g/mol. The molecule has 9 heteroatoms. The van der Waals surface area contributed by atoms with Crippen molar-refractivity contribution in [3.63, 3.8) is 0 Å². The van der Waals surface area contributed by atoms with E-state index >= 15 is 0 Å². The van der Waals surface area contributed by atoms with Crippen molar-refractivity contribution in [3.8, 4) is 17.1 Å². The molecule has 0 aliphatic carbocycles. The third kappa shape index (κ3) is 4.52. The SMILES string of the molecule is C=CCn1c(SCC(=O)Nc2ccc(F)c(Cl)c2)nnc1-c1ccccc1O. The molecule has 6 nitrogen and oxygen atoms in total. The fourth-order valence-corrected chi connectivity index (χ4v) is 3.38. The van der Waals surface area contributed by atoms with Gasteiger partial charge in [0.15, 0.2) is 11.0 Å². The Labute approximate surface area is 170 Å². The summed E-state index contributed by atoms with van der Waals surface area (Å²) in [5, 5.41) is 21.4. The number of carbonyl (C=O) groups is 1. The molecule has 0 fully saturated rings. The number of para-hydroxylation sites is 1. The second kappa shape index (κ2) is 8.90. The number of aromatic hydroxyl groups is 1. The van der Waals surface area contributed by atoms with Gasteiger partial charge in [-0.1, -0.05) is 41.6 Å². The lowest BCUT2D eigenvalue weighted by Crippen LogP contribution is -2.14. The van der Waals surface area contributed by atoms with Crippen molar-refractivity contribution in [1.82, 2.24) is 14.8 Å². The van der Waals surface area contributed by atoms with Crippen molar-refractivity contribution in [3.05, 3.63) is 66.0 Å². The molecule has 1 heterocycles. The maximum atomic E-state index is 13.2. The summed E-state index contributed by atoms with van der Waals surface area (Å²) in [6.07, 6.45) is 1.68. The summed E-state index contributed by atoms with van der Waals surface area (Å²) in [5.74, 6) is -0.229. The van der Waals surface area contributed by atoms with E-state index in [2.05, 4.69) is 22.1 Å². The van der Waals surface area contributed by atoms with Gasteiger partial charge < -0.3 is 10.4 Å². The van der Waals surface area contributed by atoms with E-state index < -0.39 is 5.82 Å². The van der Waals surface area contributed by atoms with Gasteiger partial charge in [-0.15, -0.1) is 16.8 Å². The first-order valence-corrected chi connectivity index (χ1v) is 9.56. The number of allylic oxidation sites excluding steroid dienone is 1. The maximum absolute atomic E-state index is 13.2. The first kappa shape index (κ1) is 19.9. The first-order valence-electron chi connectivity index (χ1n) is 8.19. The van der Waals surface area contributed by atoms with E-state index in [0.717, 1.165) is 0 Å². The molecule has 0 spiro atoms. The average Bonchev–Trinajstić information content (AvgIpc) is 3.06. The average molecular weight is 419 g/mol. The van der Waals surface area contributed by atoms with E-state index in [0.29, 0.717) is 28.8 Å². The van der Waals surface area contributed by atoms with Crippen LogP contribution in [0.15, 0.2) is 60.3 Å². The number of benzene rings is 2. The molecule has 2 aromatic carbocycles. The number of hydrogen-bond donors (Lipinski definition) is 2. The van der Waals surface area contributed by atoms with Gasteiger partial charge in [0.1, 0.15) is 11.6 Å². The minimum atomic E-state index is -0.553. The summed E-state index contributed by atoms with van der Waals surface area (Å²) >= 11 is 6.90. The normalized spacial score (nSPS) is 10.6. The van der Waals surface area contributed by atoms with Gasteiger partial charge in [-0.2, -0.15) is 0 Å². The van der Waals surface area contributed by atoms with E-state index in [9.17, 15) is 14.3 Å². The standard InChI is InChI=1S/C19H16ClFN4O2S/c1-2-9-25-18(13-5-3-4-6-16(13)26)23-24-19(25)28-11-17(27)22-12-7-8-15(21)14(20)10-12/h2-8,10,26H,1,9,11H2,(H,22,27). The highest BCUT2D eigenvalue weighted by Gasteiger charge is 2.17. The van der Waals surface area contributed by atoms with Gasteiger partial charge in [0.2, 0.25) is 5.91 Å². The second-order valence-electron chi connectivity index (χ2n) is 5.69. The molecule has 0 atom stereocenters. The van der Waals surface area contributed by atoms with Crippen LogP contribution in [0.25, 0.3) is 11.4 Å². The molecule has 0 bridgehead atoms. The Balaban J connectivity index is 1.73. The van der Waals surface area contributed by atoms with E-state index in [-0.39, 0.29) is 22.4 Å². The molecule has 0 aliphatic rings. The van der Waals surface area contributed by atoms with Crippen LogP contribution in [0.5, 0.6) is 5.75 Å². The molecule has 144 valence electrons. The second-order valence-corrected chi connectivity index (χ2v) is 7.04. The number of aromatic nitrogens is 3. The number of carbonyl (C=O) groups excluding carboxylic acids is 1. The highest BCUT2D eigenvalue weighted by Crippen LogP contribution is 2.30. The van der Waals surface area contributed by atoms with Crippen LogP contribution in [0.1, 0.15) is 0 Å². The fourth-order valence-electron chi connectivity index (χ4n) is 2.45. The van der Waals surface area contributed by atoms with Gasteiger partial charge in [-0.3, -0.25) is 9.36 Å². The zero-order valence-electron chi connectivity index (χ0n) is 14.6. The van der Waals surface area contributed by atoms with Crippen molar-refractivity contribution in [2.24, 2.45) is 0 Å². The van der Waals surface area contributed by atoms with Crippen molar-refractivity contribution in [1.29, 1.82) is 0 Å². The van der Waals surface area contributed by atoms with Crippen molar-refractivity contribution < 1.29 is 14.3 Å². The number of nitrogens with one attached hydrogen (secondary N) is 1. The van der Waals surface area contributed by atoms with Crippen LogP contribution in [0.3, 0.4) is 0 Å². The molecular formula is C19H16ClFN4O2S. The Morgan fingerprint density at radius 1 is 1.32 bits per heavy atom. The third-order valence-corrected chi connectivity index (χ3v) is 4.97. The number of thioether (sulfide) groups is 1. The minimum absolute atomic E-state index is 0.0606. The van der Waals surface area contributed by atoms with Gasteiger partial charge in [0.05, 0.1) is 16.3 Å². The lowest BCUT2D eigenvalue weighted by Gasteiger charge is -2.09. The van der Waals surface area contributed by atoms with Crippen LogP contribution >= 0.6 is 23.4 Å². The Kier molecular flexibility index (Phi) is 6.33.